The average Bonchev–Trinajstić information content (AvgIpc) is 2.86. The first-order valence-electron chi connectivity index (χ1n) is 10.7. The van der Waals surface area contributed by atoms with Gasteiger partial charge in [-0.2, -0.15) is 0 Å². The molecule has 0 aliphatic heterocycles. The van der Waals surface area contributed by atoms with E-state index in [1.165, 1.54) is 12.1 Å². The predicted molar refractivity (Wildman–Crippen MR) is 130 cm³/mol. The van der Waals surface area contributed by atoms with Gasteiger partial charge in [0.05, 0.1) is 4.90 Å². The van der Waals surface area contributed by atoms with Gasteiger partial charge in [-0.15, -0.1) is 0 Å². The Kier molecular flexibility index (Phi) is 8.71. The summed E-state index contributed by atoms with van der Waals surface area (Å²) in [6.07, 6.45) is 0.448. The van der Waals surface area contributed by atoms with Crippen molar-refractivity contribution >= 4 is 27.8 Å². The molecule has 182 valence electrons. The molecule has 0 atom stereocenters. The highest BCUT2D eigenvalue weighted by atomic mass is 32.2. The molecule has 0 aliphatic carbocycles. The molecule has 4 N–H and O–H groups in total. The summed E-state index contributed by atoms with van der Waals surface area (Å²) in [5.41, 5.74) is 3.19. The van der Waals surface area contributed by atoms with Gasteiger partial charge in [0, 0.05) is 12.1 Å². The van der Waals surface area contributed by atoms with Gasteiger partial charge in [-0.3, -0.25) is 14.4 Å². The largest absolute Gasteiger partial charge is 0.454 e. The van der Waals surface area contributed by atoms with E-state index in [1.807, 2.05) is 42.5 Å². The first kappa shape index (κ1) is 25.6. The van der Waals surface area contributed by atoms with Gasteiger partial charge in [0.25, 0.3) is 11.8 Å². The van der Waals surface area contributed by atoms with Crippen molar-refractivity contribution in [2.24, 2.45) is 5.14 Å². The van der Waals surface area contributed by atoms with Crippen LogP contribution in [-0.2, 0) is 30.8 Å². The van der Waals surface area contributed by atoms with Crippen LogP contribution in [0.15, 0.2) is 83.8 Å². The van der Waals surface area contributed by atoms with Gasteiger partial charge < -0.3 is 15.4 Å². The van der Waals surface area contributed by atoms with Crippen molar-refractivity contribution in [1.29, 1.82) is 0 Å². The van der Waals surface area contributed by atoms with Crippen molar-refractivity contribution in [2.75, 3.05) is 19.7 Å². The van der Waals surface area contributed by atoms with Crippen molar-refractivity contribution in [2.45, 2.75) is 11.3 Å². The third-order valence-electron chi connectivity index (χ3n) is 5.00. The van der Waals surface area contributed by atoms with E-state index in [9.17, 15) is 22.8 Å². The van der Waals surface area contributed by atoms with Crippen LogP contribution in [-0.4, -0.2) is 45.9 Å². The van der Waals surface area contributed by atoms with Crippen LogP contribution in [0.2, 0.25) is 0 Å². The molecule has 0 aliphatic rings. The monoisotopic (exact) mass is 495 g/mol. The van der Waals surface area contributed by atoms with Crippen molar-refractivity contribution in [3.8, 4) is 11.1 Å². The van der Waals surface area contributed by atoms with E-state index >= 15 is 0 Å². The summed E-state index contributed by atoms with van der Waals surface area (Å²) in [4.78, 5) is 36.0. The molecule has 3 aromatic rings. The number of hydrogen-bond acceptors (Lipinski definition) is 6. The van der Waals surface area contributed by atoms with Gasteiger partial charge in [-0.1, -0.05) is 54.6 Å². The molecule has 0 radical (unpaired) electrons. The lowest BCUT2D eigenvalue weighted by Crippen LogP contribution is -2.34. The van der Waals surface area contributed by atoms with Gasteiger partial charge in [0.1, 0.15) is 6.54 Å². The third kappa shape index (κ3) is 8.05. The number of esters is 1. The molecule has 35 heavy (non-hydrogen) atoms. The quantitative estimate of drug-likeness (QED) is 0.365. The number of ether oxygens (including phenoxy) is 1. The second-order valence-corrected chi connectivity index (χ2v) is 9.14. The minimum Gasteiger partial charge on any atom is -0.454 e. The first-order valence-corrected chi connectivity index (χ1v) is 12.2. The molecular weight excluding hydrogens is 470 g/mol. The first-order chi connectivity index (χ1) is 16.7. The predicted octanol–water partition coefficient (Wildman–Crippen LogP) is 1.63. The van der Waals surface area contributed by atoms with Crippen LogP contribution < -0.4 is 15.8 Å². The van der Waals surface area contributed by atoms with Crippen LogP contribution in [0, 0.1) is 0 Å². The van der Waals surface area contributed by atoms with Crippen LogP contribution in [0.3, 0.4) is 0 Å². The Bertz CT molecular complexity index is 1280. The molecule has 0 unspecified atom stereocenters. The second kappa shape index (κ2) is 11.9. The van der Waals surface area contributed by atoms with E-state index in [2.05, 4.69) is 10.6 Å². The highest BCUT2D eigenvalue weighted by Gasteiger charge is 2.11. The van der Waals surface area contributed by atoms with Gasteiger partial charge in [0.2, 0.25) is 10.0 Å². The molecule has 9 nitrogen and oxygen atoms in total. The third-order valence-corrected chi connectivity index (χ3v) is 5.93. The number of sulfonamides is 1. The number of carbonyl (C=O) groups excluding carboxylic acids is 3. The van der Waals surface area contributed by atoms with E-state index in [4.69, 9.17) is 9.88 Å². The fourth-order valence-electron chi connectivity index (χ4n) is 3.14. The Hall–Kier alpha value is -4.02. The fourth-order valence-corrected chi connectivity index (χ4v) is 3.65. The molecule has 0 saturated heterocycles. The van der Waals surface area contributed by atoms with Crippen LogP contribution in [0.4, 0.5) is 0 Å². The minimum absolute atomic E-state index is 0.00786. The van der Waals surface area contributed by atoms with E-state index in [-0.39, 0.29) is 18.0 Å². The SMILES string of the molecule is NS(=O)(=O)c1ccc(CCNC(=O)COC(=O)CNC(=O)c2ccc(-c3ccccc3)cc2)cc1. The number of primary sulfonamides is 1. The van der Waals surface area contributed by atoms with E-state index in [0.717, 1.165) is 16.7 Å². The Morgan fingerprint density at radius 1 is 0.800 bits per heavy atom. The maximum absolute atomic E-state index is 12.2. The Balaban J connectivity index is 1.34. The van der Waals surface area contributed by atoms with Gasteiger partial charge >= 0.3 is 5.97 Å². The van der Waals surface area contributed by atoms with E-state index in [0.29, 0.717) is 12.0 Å². The number of benzene rings is 3. The van der Waals surface area contributed by atoms with Crippen LogP contribution >= 0.6 is 0 Å². The summed E-state index contributed by atoms with van der Waals surface area (Å²) < 4.78 is 27.4. The molecule has 0 saturated carbocycles. The smallest absolute Gasteiger partial charge is 0.325 e. The molecule has 0 spiro atoms. The van der Waals surface area contributed by atoms with Gasteiger partial charge in [0.15, 0.2) is 6.61 Å². The van der Waals surface area contributed by atoms with Gasteiger partial charge in [-0.25, -0.2) is 13.6 Å². The summed E-state index contributed by atoms with van der Waals surface area (Å²) in [5, 5.41) is 10.1. The molecule has 0 bridgehead atoms. The zero-order valence-electron chi connectivity index (χ0n) is 18.8. The number of nitrogens with two attached hydrogens (primary N) is 1. The Morgan fingerprint density at radius 3 is 2.06 bits per heavy atom. The molecule has 10 heteroatoms. The summed E-state index contributed by atoms with van der Waals surface area (Å²) in [5.74, 6) is -1.67. The number of nitrogens with one attached hydrogen (secondary N) is 2. The number of hydrogen-bond donors (Lipinski definition) is 3. The summed E-state index contributed by atoms with van der Waals surface area (Å²) in [7, 11) is -3.75. The van der Waals surface area contributed by atoms with Crippen molar-refractivity contribution in [3.63, 3.8) is 0 Å². The highest BCUT2D eigenvalue weighted by molar-refractivity contribution is 7.89. The molecule has 2 amide bonds. The maximum atomic E-state index is 12.2. The van der Waals surface area contributed by atoms with E-state index < -0.39 is 34.4 Å². The molecule has 0 heterocycles. The lowest BCUT2D eigenvalue weighted by Gasteiger charge is -2.08. The summed E-state index contributed by atoms with van der Waals surface area (Å²) in [6.45, 7) is -0.589. The second-order valence-electron chi connectivity index (χ2n) is 7.58. The van der Waals surface area contributed by atoms with Crippen molar-refractivity contribution in [1.82, 2.24) is 10.6 Å². The Morgan fingerprint density at radius 2 is 1.43 bits per heavy atom. The molecule has 0 fully saturated rings. The molecular formula is C25H25N3O6S. The zero-order valence-corrected chi connectivity index (χ0v) is 19.6. The molecule has 3 rings (SSSR count). The van der Waals surface area contributed by atoms with Crippen LogP contribution in [0.1, 0.15) is 15.9 Å². The highest BCUT2D eigenvalue weighted by Crippen LogP contribution is 2.19. The zero-order chi connectivity index (χ0) is 25.3. The maximum Gasteiger partial charge on any atom is 0.325 e. The average molecular weight is 496 g/mol. The Labute approximate surface area is 203 Å². The lowest BCUT2D eigenvalue weighted by molar-refractivity contribution is -0.147. The molecule has 3 aromatic carbocycles. The van der Waals surface area contributed by atoms with Crippen molar-refractivity contribution in [3.05, 3.63) is 90.0 Å². The number of amides is 2. The molecule has 0 aromatic heterocycles. The summed E-state index contributed by atoms with van der Waals surface area (Å²) >= 11 is 0. The minimum atomic E-state index is -3.75. The normalized spacial score (nSPS) is 10.9. The summed E-state index contributed by atoms with van der Waals surface area (Å²) in [6, 6.07) is 22.7. The number of rotatable bonds is 10. The van der Waals surface area contributed by atoms with E-state index in [1.54, 1.807) is 24.3 Å². The van der Waals surface area contributed by atoms with Gasteiger partial charge in [-0.05, 0) is 47.4 Å². The lowest BCUT2D eigenvalue weighted by atomic mass is 10.0. The number of carbonyl (C=O) groups is 3. The fraction of sp³-hybridized carbons (Fsp3) is 0.160. The van der Waals surface area contributed by atoms with Crippen LogP contribution in [0.5, 0.6) is 0 Å². The van der Waals surface area contributed by atoms with Crippen molar-refractivity contribution < 1.29 is 27.5 Å². The standard InChI is InChI=1S/C25H25N3O6S/c26-35(32,33)22-12-6-18(7-13-22)14-15-27-23(29)17-34-24(30)16-28-25(31)21-10-8-20(9-11-21)19-4-2-1-3-5-19/h1-13H,14-17H2,(H,27,29)(H,28,31)(H2,26,32,33). The van der Waals surface area contributed by atoms with Crippen LogP contribution in [0.25, 0.3) is 11.1 Å². The topological polar surface area (TPSA) is 145 Å².